The summed E-state index contributed by atoms with van der Waals surface area (Å²) in [5.41, 5.74) is 1.86. The Hall–Kier alpha value is -1.49. The number of benzene rings is 1. The van der Waals surface area contributed by atoms with Crippen LogP contribution in [-0.2, 0) is 11.2 Å². The molecule has 1 atom stereocenters. The van der Waals surface area contributed by atoms with Gasteiger partial charge in [0, 0.05) is 11.7 Å². The minimum Gasteiger partial charge on any atom is -0.481 e. The first-order valence-corrected chi connectivity index (χ1v) is 5.50. The molecule has 0 saturated carbocycles. The van der Waals surface area contributed by atoms with Gasteiger partial charge in [0.05, 0.1) is 17.5 Å². The second-order valence-electron chi connectivity index (χ2n) is 3.66. The molecular weight excluding hydrogens is 224 g/mol. The molecule has 2 aromatic rings. The Morgan fingerprint density at radius 3 is 2.94 bits per heavy atom. The van der Waals surface area contributed by atoms with Crippen molar-refractivity contribution in [1.29, 1.82) is 0 Å². The van der Waals surface area contributed by atoms with Crippen LogP contribution in [0.3, 0.4) is 0 Å². The predicted octanol–water partition coefficient (Wildman–Crippen LogP) is 1.88. The molecule has 16 heavy (non-hydrogen) atoms. The van der Waals surface area contributed by atoms with Crippen molar-refractivity contribution in [2.24, 2.45) is 0 Å². The molecule has 84 valence electrons. The number of H-pyrrole nitrogens is 1. The summed E-state index contributed by atoms with van der Waals surface area (Å²) in [6, 6.07) is 7.71. The number of carboxylic acid groups (broad SMARTS) is 1. The van der Waals surface area contributed by atoms with Crippen LogP contribution in [0.15, 0.2) is 24.3 Å². The number of imidazole rings is 1. The Labute approximate surface area is 98.1 Å². The number of fused-ring (bicyclic) bond motifs is 1. The van der Waals surface area contributed by atoms with Gasteiger partial charge >= 0.3 is 5.97 Å². The van der Waals surface area contributed by atoms with E-state index in [1.165, 1.54) is 0 Å². The van der Waals surface area contributed by atoms with Crippen LogP contribution in [0.2, 0.25) is 0 Å². The van der Waals surface area contributed by atoms with Crippen LogP contribution in [0.5, 0.6) is 0 Å². The number of nitrogens with one attached hydrogen (secondary N) is 1. The summed E-state index contributed by atoms with van der Waals surface area (Å²) in [4.78, 5) is 18.0. The number of nitrogens with zero attached hydrogens (tertiary/aromatic N) is 1. The molecular formula is C11H12N2O2S. The monoisotopic (exact) mass is 236 g/mol. The maximum absolute atomic E-state index is 10.5. The minimum atomic E-state index is -0.837. The molecule has 0 bridgehead atoms. The van der Waals surface area contributed by atoms with Gasteiger partial charge in [0.25, 0.3) is 0 Å². The fourth-order valence-corrected chi connectivity index (χ4v) is 1.93. The number of aromatic amines is 1. The molecule has 2 N–H and O–H groups in total. The third kappa shape index (κ3) is 2.55. The number of hydrogen-bond donors (Lipinski definition) is 3. The maximum Gasteiger partial charge on any atom is 0.304 e. The van der Waals surface area contributed by atoms with E-state index < -0.39 is 5.97 Å². The second kappa shape index (κ2) is 4.57. The van der Waals surface area contributed by atoms with E-state index in [0.717, 1.165) is 16.9 Å². The Kier molecular flexibility index (Phi) is 3.14. The zero-order valence-corrected chi connectivity index (χ0v) is 9.45. The topological polar surface area (TPSA) is 66.0 Å². The Balaban J connectivity index is 2.12. The van der Waals surface area contributed by atoms with Gasteiger partial charge in [-0.15, -0.1) is 0 Å². The van der Waals surface area contributed by atoms with Gasteiger partial charge in [0.15, 0.2) is 0 Å². The van der Waals surface area contributed by atoms with Gasteiger partial charge in [-0.1, -0.05) is 12.1 Å². The van der Waals surface area contributed by atoms with E-state index in [1.807, 2.05) is 24.3 Å². The van der Waals surface area contributed by atoms with E-state index in [0.29, 0.717) is 6.42 Å². The van der Waals surface area contributed by atoms with Gasteiger partial charge in [0.1, 0.15) is 5.82 Å². The van der Waals surface area contributed by atoms with Gasteiger partial charge in [-0.05, 0) is 12.1 Å². The molecule has 0 spiro atoms. The van der Waals surface area contributed by atoms with Gasteiger partial charge in [0.2, 0.25) is 0 Å². The van der Waals surface area contributed by atoms with E-state index in [-0.39, 0.29) is 11.7 Å². The van der Waals surface area contributed by atoms with Crippen molar-refractivity contribution >= 4 is 29.6 Å². The summed E-state index contributed by atoms with van der Waals surface area (Å²) >= 11 is 4.22. The van der Waals surface area contributed by atoms with Crippen molar-refractivity contribution in [1.82, 2.24) is 9.97 Å². The molecule has 5 heteroatoms. The van der Waals surface area contributed by atoms with Gasteiger partial charge < -0.3 is 10.1 Å². The number of aromatic nitrogens is 2. The predicted molar refractivity (Wildman–Crippen MR) is 64.8 cm³/mol. The first-order chi connectivity index (χ1) is 7.65. The van der Waals surface area contributed by atoms with Crippen molar-refractivity contribution in [3.05, 3.63) is 30.1 Å². The number of thiol groups is 1. The average molecular weight is 236 g/mol. The number of carboxylic acids is 1. The zero-order valence-electron chi connectivity index (χ0n) is 8.55. The van der Waals surface area contributed by atoms with E-state index in [4.69, 9.17) is 5.11 Å². The smallest absolute Gasteiger partial charge is 0.304 e. The van der Waals surface area contributed by atoms with E-state index in [1.54, 1.807) is 0 Å². The largest absolute Gasteiger partial charge is 0.481 e. The van der Waals surface area contributed by atoms with Crippen LogP contribution in [0.1, 0.15) is 12.2 Å². The standard InChI is InChI=1S/C11H12N2O2S/c14-11(15)6-7(16)5-10-12-8-3-1-2-4-9(8)13-10/h1-4,7,16H,5-6H2,(H,12,13)(H,14,15). The number of carbonyl (C=O) groups is 1. The molecule has 0 fully saturated rings. The number of aliphatic carboxylic acids is 1. The van der Waals surface area contributed by atoms with Gasteiger partial charge in [-0.25, -0.2) is 4.98 Å². The highest BCUT2D eigenvalue weighted by atomic mass is 32.1. The maximum atomic E-state index is 10.5. The molecule has 0 radical (unpaired) electrons. The lowest BCUT2D eigenvalue weighted by Crippen LogP contribution is -2.10. The SMILES string of the molecule is O=C(O)CC(S)Cc1nc2ccccc2[nH]1. The number of hydrogen-bond acceptors (Lipinski definition) is 3. The van der Waals surface area contributed by atoms with Crippen LogP contribution in [0.4, 0.5) is 0 Å². The second-order valence-corrected chi connectivity index (χ2v) is 4.39. The lowest BCUT2D eigenvalue weighted by atomic mass is 10.2. The Morgan fingerprint density at radius 2 is 2.25 bits per heavy atom. The lowest BCUT2D eigenvalue weighted by Gasteiger charge is -2.04. The fourth-order valence-electron chi connectivity index (χ4n) is 1.60. The number of para-hydroxylation sites is 2. The average Bonchev–Trinajstić information content (AvgIpc) is 2.57. The fraction of sp³-hybridized carbons (Fsp3) is 0.273. The van der Waals surface area contributed by atoms with E-state index >= 15 is 0 Å². The normalized spacial score (nSPS) is 12.8. The highest BCUT2D eigenvalue weighted by molar-refractivity contribution is 7.81. The third-order valence-corrected chi connectivity index (χ3v) is 2.64. The van der Waals surface area contributed by atoms with Crippen LogP contribution < -0.4 is 0 Å². The minimum absolute atomic E-state index is 0.0418. The zero-order chi connectivity index (χ0) is 11.5. The van der Waals surface area contributed by atoms with Crippen LogP contribution in [0, 0.1) is 0 Å². The van der Waals surface area contributed by atoms with Crippen LogP contribution >= 0.6 is 12.6 Å². The molecule has 0 aliphatic rings. The highest BCUT2D eigenvalue weighted by Crippen LogP contribution is 2.14. The van der Waals surface area contributed by atoms with Crippen LogP contribution in [0.25, 0.3) is 11.0 Å². The summed E-state index contributed by atoms with van der Waals surface area (Å²) in [6.07, 6.45) is 0.574. The van der Waals surface area contributed by atoms with Crippen LogP contribution in [-0.4, -0.2) is 26.3 Å². The molecule has 2 rings (SSSR count). The molecule has 1 aromatic carbocycles. The molecule has 0 amide bonds. The van der Waals surface area contributed by atoms with Crippen molar-refractivity contribution in [3.8, 4) is 0 Å². The molecule has 1 unspecified atom stereocenters. The van der Waals surface area contributed by atoms with Crippen molar-refractivity contribution < 1.29 is 9.90 Å². The van der Waals surface area contributed by atoms with Gasteiger partial charge in [-0.3, -0.25) is 4.79 Å². The molecule has 1 aromatic heterocycles. The summed E-state index contributed by atoms with van der Waals surface area (Å²) in [5.74, 6) is -0.0569. The first kappa shape index (κ1) is 11.0. The number of rotatable bonds is 4. The van der Waals surface area contributed by atoms with Crippen molar-refractivity contribution in [2.75, 3.05) is 0 Å². The van der Waals surface area contributed by atoms with Gasteiger partial charge in [-0.2, -0.15) is 12.6 Å². The molecule has 0 aliphatic carbocycles. The third-order valence-electron chi connectivity index (χ3n) is 2.28. The summed E-state index contributed by atoms with van der Waals surface area (Å²) in [7, 11) is 0. The van der Waals surface area contributed by atoms with Crippen molar-refractivity contribution in [2.45, 2.75) is 18.1 Å². The summed E-state index contributed by atoms with van der Waals surface area (Å²) in [6.45, 7) is 0. The summed E-state index contributed by atoms with van der Waals surface area (Å²) in [5, 5.41) is 8.41. The quantitative estimate of drug-likeness (QED) is 0.710. The van der Waals surface area contributed by atoms with E-state index in [2.05, 4.69) is 22.6 Å². The molecule has 0 aliphatic heterocycles. The highest BCUT2D eigenvalue weighted by Gasteiger charge is 2.11. The lowest BCUT2D eigenvalue weighted by molar-refractivity contribution is -0.136. The molecule has 1 heterocycles. The Bertz CT molecular complexity index is 476. The Morgan fingerprint density at radius 1 is 1.50 bits per heavy atom. The molecule has 0 saturated heterocycles. The first-order valence-electron chi connectivity index (χ1n) is 4.98. The van der Waals surface area contributed by atoms with Crippen molar-refractivity contribution in [3.63, 3.8) is 0 Å². The van der Waals surface area contributed by atoms with E-state index in [9.17, 15) is 4.79 Å². The molecule has 4 nitrogen and oxygen atoms in total. The summed E-state index contributed by atoms with van der Waals surface area (Å²) < 4.78 is 0.